The molecule has 0 aliphatic carbocycles. The van der Waals surface area contributed by atoms with Crippen LogP contribution in [0.5, 0.6) is 11.5 Å². The van der Waals surface area contributed by atoms with Gasteiger partial charge in [0.1, 0.15) is 5.65 Å². The Morgan fingerprint density at radius 1 is 0.935 bits per heavy atom. The Hall–Kier alpha value is -3.54. The van der Waals surface area contributed by atoms with Crippen molar-refractivity contribution >= 4 is 22.7 Å². The summed E-state index contributed by atoms with van der Waals surface area (Å²) in [5.41, 5.74) is 5.49. The molecule has 0 unspecified atom stereocenters. The lowest BCUT2D eigenvalue weighted by molar-refractivity contribution is 0.352. The van der Waals surface area contributed by atoms with E-state index in [1.165, 1.54) is 11.1 Å². The van der Waals surface area contributed by atoms with Crippen molar-refractivity contribution in [1.82, 2.24) is 14.5 Å². The van der Waals surface area contributed by atoms with E-state index in [2.05, 4.69) is 65.2 Å². The number of aromatic nitrogens is 3. The van der Waals surface area contributed by atoms with Gasteiger partial charge in [0.05, 0.1) is 14.2 Å². The van der Waals surface area contributed by atoms with Crippen molar-refractivity contribution in [2.45, 2.75) is 33.2 Å². The summed E-state index contributed by atoms with van der Waals surface area (Å²) in [5, 5.41) is 4.34. The average molecular weight is 417 g/mol. The molecule has 0 saturated carbocycles. The van der Waals surface area contributed by atoms with Crippen LogP contribution in [0.4, 0.5) is 11.6 Å². The molecule has 6 nitrogen and oxygen atoms in total. The van der Waals surface area contributed by atoms with E-state index >= 15 is 0 Å². The highest BCUT2D eigenvalue weighted by atomic mass is 16.5. The third-order valence-corrected chi connectivity index (χ3v) is 5.53. The molecule has 4 rings (SSSR count). The van der Waals surface area contributed by atoms with Gasteiger partial charge in [0.25, 0.3) is 0 Å². The number of nitrogens with one attached hydrogen (secondary N) is 1. The van der Waals surface area contributed by atoms with Crippen LogP contribution in [0.1, 0.15) is 30.5 Å². The van der Waals surface area contributed by atoms with Gasteiger partial charge in [-0.3, -0.25) is 0 Å². The van der Waals surface area contributed by atoms with E-state index in [-0.39, 0.29) is 0 Å². The van der Waals surface area contributed by atoms with Crippen LogP contribution in [0, 0.1) is 0 Å². The molecule has 6 heteroatoms. The first-order valence-electron chi connectivity index (χ1n) is 10.6. The fraction of sp³-hybridized carbons (Fsp3) is 0.280. The molecule has 0 aliphatic rings. The molecule has 4 aromatic rings. The summed E-state index contributed by atoms with van der Waals surface area (Å²) in [5.74, 6) is 1.99. The molecule has 2 aromatic heterocycles. The van der Waals surface area contributed by atoms with Gasteiger partial charge < -0.3 is 19.4 Å². The van der Waals surface area contributed by atoms with E-state index in [0.29, 0.717) is 11.7 Å². The smallest absolute Gasteiger partial charge is 0.229 e. The zero-order chi connectivity index (χ0) is 21.8. The Morgan fingerprint density at radius 3 is 2.42 bits per heavy atom. The first kappa shape index (κ1) is 20.7. The number of hydrogen-bond acceptors (Lipinski definition) is 5. The molecule has 1 N–H and O–H groups in total. The number of anilines is 2. The van der Waals surface area contributed by atoms with Gasteiger partial charge in [-0.1, -0.05) is 38.1 Å². The van der Waals surface area contributed by atoms with Crippen molar-refractivity contribution in [3.63, 3.8) is 0 Å². The summed E-state index contributed by atoms with van der Waals surface area (Å²) in [7, 11) is 3.30. The third-order valence-electron chi connectivity index (χ3n) is 5.53. The highest BCUT2D eigenvalue weighted by Gasteiger charge is 2.13. The molecule has 0 radical (unpaired) electrons. The average Bonchev–Trinajstić information content (AvgIpc) is 3.20. The van der Waals surface area contributed by atoms with Crippen molar-refractivity contribution in [3.8, 4) is 11.5 Å². The van der Waals surface area contributed by atoms with Gasteiger partial charge in [-0.25, -0.2) is 4.98 Å². The van der Waals surface area contributed by atoms with Gasteiger partial charge in [-0.15, -0.1) is 0 Å². The largest absolute Gasteiger partial charge is 0.493 e. The van der Waals surface area contributed by atoms with Crippen LogP contribution >= 0.6 is 0 Å². The van der Waals surface area contributed by atoms with E-state index in [9.17, 15) is 0 Å². The number of benzene rings is 2. The minimum atomic E-state index is 0.547. The molecule has 31 heavy (non-hydrogen) atoms. The monoisotopic (exact) mass is 416 g/mol. The molecule has 0 aliphatic heterocycles. The second-order valence-corrected chi connectivity index (χ2v) is 7.39. The van der Waals surface area contributed by atoms with Crippen molar-refractivity contribution in [3.05, 3.63) is 71.5 Å². The first-order valence-corrected chi connectivity index (χ1v) is 10.6. The molecule has 2 aromatic carbocycles. The maximum Gasteiger partial charge on any atom is 0.229 e. The molecule has 0 fully saturated rings. The van der Waals surface area contributed by atoms with Crippen LogP contribution in [-0.4, -0.2) is 28.8 Å². The maximum atomic E-state index is 5.51. The molecule has 0 amide bonds. The standard InChI is InChI=1S/C25H28N4O2/c1-5-17-9-7-8-10-20(17)16-29-12-11-19-15-26-25(28-24(19)29)27-21-13-18(6-2)23(31-4)22(14-21)30-3/h7-15H,5-6,16H2,1-4H3,(H,26,27,28). The lowest BCUT2D eigenvalue weighted by Crippen LogP contribution is -2.04. The van der Waals surface area contributed by atoms with E-state index < -0.39 is 0 Å². The Kier molecular flexibility index (Phi) is 6.07. The predicted molar refractivity (Wildman–Crippen MR) is 125 cm³/mol. The van der Waals surface area contributed by atoms with Crippen LogP contribution in [0.25, 0.3) is 11.0 Å². The number of methoxy groups -OCH3 is 2. The minimum absolute atomic E-state index is 0.547. The van der Waals surface area contributed by atoms with E-state index in [0.717, 1.165) is 47.4 Å². The van der Waals surface area contributed by atoms with E-state index in [1.807, 2.05) is 18.3 Å². The Morgan fingerprint density at radius 2 is 1.71 bits per heavy atom. The van der Waals surface area contributed by atoms with E-state index in [1.54, 1.807) is 14.2 Å². The van der Waals surface area contributed by atoms with Crippen LogP contribution in [0.15, 0.2) is 54.9 Å². The first-order chi connectivity index (χ1) is 15.2. The molecule has 160 valence electrons. The maximum absolute atomic E-state index is 5.51. The zero-order valence-corrected chi connectivity index (χ0v) is 18.5. The highest BCUT2D eigenvalue weighted by Crippen LogP contribution is 2.35. The van der Waals surface area contributed by atoms with Gasteiger partial charge in [-0.2, -0.15) is 4.98 Å². The predicted octanol–water partition coefficient (Wildman–Crippen LogP) is 5.37. The zero-order valence-electron chi connectivity index (χ0n) is 18.5. The minimum Gasteiger partial charge on any atom is -0.493 e. The molecule has 0 spiro atoms. The summed E-state index contributed by atoms with van der Waals surface area (Å²) in [6.45, 7) is 5.05. The molecule has 0 atom stereocenters. The van der Waals surface area contributed by atoms with Gasteiger partial charge >= 0.3 is 0 Å². The lowest BCUT2D eigenvalue weighted by Gasteiger charge is -2.15. The molecular weight excluding hydrogens is 388 g/mol. The Labute approximate surface area is 182 Å². The Balaban J connectivity index is 1.66. The molecule has 0 bridgehead atoms. The quantitative estimate of drug-likeness (QED) is 0.419. The SMILES string of the molecule is CCc1ccccc1Cn1ccc2cnc(Nc3cc(CC)c(OC)c(OC)c3)nc21. The summed E-state index contributed by atoms with van der Waals surface area (Å²) in [6.07, 6.45) is 5.76. The molecule has 0 saturated heterocycles. The second-order valence-electron chi connectivity index (χ2n) is 7.39. The second kappa shape index (κ2) is 9.08. The Bertz CT molecular complexity index is 1170. The number of rotatable bonds is 8. The van der Waals surface area contributed by atoms with Gasteiger partial charge in [0.2, 0.25) is 5.95 Å². The number of hydrogen-bond donors (Lipinski definition) is 1. The van der Waals surface area contributed by atoms with Crippen LogP contribution < -0.4 is 14.8 Å². The topological polar surface area (TPSA) is 61.2 Å². The van der Waals surface area contributed by atoms with Crippen molar-refractivity contribution < 1.29 is 9.47 Å². The lowest BCUT2D eigenvalue weighted by atomic mass is 10.1. The summed E-state index contributed by atoms with van der Waals surface area (Å²) < 4.78 is 13.2. The number of fused-ring (bicyclic) bond motifs is 1. The fourth-order valence-electron chi connectivity index (χ4n) is 3.91. The van der Waals surface area contributed by atoms with Gasteiger partial charge in [0, 0.05) is 36.1 Å². The van der Waals surface area contributed by atoms with Gasteiger partial charge in [0.15, 0.2) is 11.5 Å². The van der Waals surface area contributed by atoms with Crippen LogP contribution in [0.2, 0.25) is 0 Å². The van der Waals surface area contributed by atoms with Gasteiger partial charge in [-0.05, 0) is 41.7 Å². The fourth-order valence-corrected chi connectivity index (χ4v) is 3.91. The van der Waals surface area contributed by atoms with Crippen LogP contribution in [0.3, 0.4) is 0 Å². The van der Waals surface area contributed by atoms with E-state index in [4.69, 9.17) is 14.5 Å². The van der Waals surface area contributed by atoms with Crippen molar-refractivity contribution in [1.29, 1.82) is 0 Å². The summed E-state index contributed by atoms with van der Waals surface area (Å²) in [6, 6.07) is 14.6. The number of nitrogens with zero attached hydrogens (tertiary/aromatic N) is 3. The molecule has 2 heterocycles. The number of aryl methyl sites for hydroxylation is 2. The third kappa shape index (κ3) is 4.19. The number of ether oxygens (including phenoxy) is 2. The summed E-state index contributed by atoms with van der Waals surface area (Å²) >= 11 is 0. The van der Waals surface area contributed by atoms with Crippen molar-refractivity contribution in [2.24, 2.45) is 0 Å². The molecular formula is C25H28N4O2. The summed E-state index contributed by atoms with van der Waals surface area (Å²) in [4.78, 5) is 9.31. The normalized spacial score (nSPS) is 11.0. The van der Waals surface area contributed by atoms with Crippen molar-refractivity contribution in [2.75, 3.05) is 19.5 Å². The highest BCUT2D eigenvalue weighted by molar-refractivity contribution is 5.77. The van der Waals surface area contributed by atoms with Crippen LogP contribution in [-0.2, 0) is 19.4 Å².